The Bertz CT molecular complexity index is 313. The summed E-state index contributed by atoms with van der Waals surface area (Å²) in [5.74, 6) is 0.178. The lowest BCUT2D eigenvalue weighted by molar-refractivity contribution is -0.138. The largest absolute Gasteiger partial charge is 0.481 e. The van der Waals surface area contributed by atoms with Crippen molar-refractivity contribution in [3.05, 3.63) is 21.4 Å². The number of hydrogen-bond donors (Lipinski definition) is 0. The van der Waals surface area contributed by atoms with Gasteiger partial charge in [-0.2, -0.15) is 13.2 Å². The summed E-state index contributed by atoms with van der Waals surface area (Å²) in [5, 5.41) is 0. The van der Waals surface area contributed by atoms with E-state index in [1.165, 1.54) is 13.2 Å². The number of rotatable bonds is 1. The van der Waals surface area contributed by atoms with Gasteiger partial charge in [-0.05, 0) is 22.6 Å². The highest BCUT2D eigenvalue weighted by molar-refractivity contribution is 14.1. The molecule has 0 amide bonds. The maximum Gasteiger partial charge on any atom is 0.418 e. The van der Waals surface area contributed by atoms with Crippen LogP contribution in [0.4, 0.5) is 13.2 Å². The first kappa shape index (κ1) is 10.6. The van der Waals surface area contributed by atoms with E-state index in [4.69, 9.17) is 0 Å². The van der Waals surface area contributed by atoms with Gasteiger partial charge in [-0.15, -0.1) is 0 Å². The predicted octanol–water partition coefficient (Wildman–Crippen LogP) is 2.71. The second-order valence-electron chi connectivity index (χ2n) is 2.20. The Morgan fingerprint density at radius 2 is 2.08 bits per heavy atom. The zero-order valence-corrected chi connectivity index (χ0v) is 8.68. The van der Waals surface area contributed by atoms with E-state index < -0.39 is 11.7 Å². The van der Waals surface area contributed by atoms with Gasteiger partial charge in [-0.1, -0.05) is 0 Å². The number of nitrogens with zero attached hydrogens (tertiary/aromatic N) is 1. The molecule has 0 unspecified atom stereocenters. The highest BCUT2D eigenvalue weighted by Gasteiger charge is 2.33. The van der Waals surface area contributed by atoms with E-state index in [0.29, 0.717) is 0 Å². The zero-order valence-electron chi connectivity index (χ0n) is 6.52. The molecule has 0 saturated heterocycles. The van der Waals surface area contributed by atoms with Crippen molar-refractivity contribution in [2.45, 2.75) is 6.18 Å². The first-order chi connectivity index (χ1) is 5.95. The van der Waals surface area contributed by atoms with Gasteiger partial charge in [0.05, 0.1) is 12.7 Å². The van der Waals surface area contributed by atoms with E-state index in [-0.39, 0.29) is 9.45 Å². The minimum Gasteiger partial charge on any atom is -0.481 e. The van der Waals surface area contributed by atoms with Crippen LogP contribution < -0.4 is 4.74 Å². The molecule has 0 aromatic carbocycles. The van der Waals surface area contributed by atoms with Crippen LogP contribution in [0.3, 0.4) is 0 Å². The Hall–Kier alpha value is -0.530. The van der Waals surface area contributed by atoms with Gasteiger partial charge in [-0.25, -0.2) is 4.98 Å². The van der Waals surface area contributed by atoms with Crippen LogP contribution in [-0.2, 0) is 6.18 Å². The average Bonchev–Trinajstić information content (AvgIpc) is 2.01. The van der Waals surface area contributed by atoms with E-state index in [2.05, 4.69) is 9.72 Å². The highest BCUT2D eigenvalue weighted by atomic mass is 127. The molecule has 2 nitrogen and oxygen atoms in total. The summed E-state index contributed by atoms with van der Waals surface area (Å²) < 4.78 is 41.4. The molecular formula is C7H5F3INO. The summed E-state index contributed by atoms with van der Waals surface area (Å²) in [6.07, 6.45) is -3.59. The third-order valence-corrected chi connectivity index (χ3v) is 2.24. The summed E-state index contributed by atoms with van der Waals surface area (Å²) in [6, 6.07) is 1.24. The molecule has 0 saturated carbocycles. The first-order valence-corrected chi connectivity index (χ1v) is 4.29. The second-order valence-corrected chi connectivity index (χ2v) is 3.37. The summed E-state index contributed by atoms with van der Waals surface area (Å²) in [4.78, 5) is 3.48. The van der Waals surface area contributed by atoms with Gasteiger partial charge in [-0.3, -0.25) is 0 Å². The maximum absolute atomic E-state index is 12.2. The molecule has 6 heteroatoms. The topological polar surface area (TPSA) is 22.1 Å². The molecule has 1 aromatic heterocycles. The zero-order chi connectivity index (χ0) is 10.1. The molecule has 1 aromatic rings. The van der Waals surface area contributed by atoms with Gasteiger partial charge < -0.3 is 4.74 Å². The molecule has 0 aliphatic carbocycles. The van der Waals surface area contributed by atoms with Crippen molar-refractivity contribution in [2.24, 2.45) is 0 Å². The molecular weight excluding hydrogens is 298 g/mol. The van der Waals surface area contributed by atoms with Crippen LogP contribution >= 0.6 is 22.6 Å². The van der Waals surface area contributed by atoms with Crippen molar-refractivity contribution in [3.8, 4) is 5.88 Å². The van der Waals surface area contributed by atoms with Crippen LogP contribution in [0.2, 0.25) is 0 Å². The molecule has 0 radical (unpaired) electrons. The monoisotopic (exact) mass is 303 g/mol. The van der Waals surface area contributed by atoms with Crippen LogP contribution in [0, 0.1) is 3.57 Å². The van der Waals surface area contributed by atoms with Gasteiger partial charge in [0, 0.05) is 15.8 Å². The minimum absolute atomic E-state index is 0.0805. The Morgan fingerprint density at radius 3 is 2.46 bits per heavy atom. The molecule has 0 aliphatic rings. The van der Waals surface area contributed by atoms with Crippen LogP contribution in [0.1, 0.15) is 5.56 Å². The standard InChI is InChI=1S/C7H5F3INO/c1-13-6-2-5(11)4(3-12-6)7(8,9)10/h2-3H,1H3. The quantitative estimate of drug-likeness (QED) is 0.744. The third kappa shape index (κ3) is 2.45. The minimum atomic E-state index is -4.35. The molecule has 0 spiro atoms. The number of alkyl halides is 3. The lowest BCUT2D eigenvalue weighted by atomic mass is 10.3. The molecule has 0 atom stereocenters. The first-order valence-electron chi connectivity index (χ1n) is 3.22. The molecule has 0 fully saturated rings. The fourth-order valence-corrected chi connectivity index (χ4v) is 1.44. The van der Waals surface area contributed by atoms with Crippen molar-refractivity contribution in [2.75, 3.05) is 7.11 Å². The van der Waals surface area contributed by atoms with Crippen LogP contribution in [-0.4, -0.2) is 12.1 Å². The van der Waals surface area contributed by atoms with Crippen LogP contribution in [0.25, 0.3) is 0 Å². The van der Waals surface area contributed by atoms with E-state index in [1.54, 1.807) is 22.6 Å². The molecule has 0 bridgehead atoms. The fourth-order valence-electron chi connectivity index (χ4n) is 0.733. The van der Waals surface area contributed by atoms with Gasteiger partial charge in [0.15, 0.2) is 0 Å². The number of hydrogen-bond acceptors (Lipinski definition) is 2. The van der Waals surface area contributed by atoms with Crippen molar-refractivity contribution in [1.82, 2.24) is 4.98 Å². The fraction of sp³-hybridized carbons (Fsp3) is 0.286. The smallest absolute Gasteiger partial charge is 0.418 e. The normalized spacial score (nSPS) is 11.5. The molecule has 13 heavy (non-hydrogen) atoms. The van der Waals surface area contributed by atoms with Crippen molar-refractivity contribution >= 4 is 22.6 Å². The number of halogens is 4. The lowest BCUT2D eigenvalue weighted by Crippen LogP contribution is -2.08. The molecule has 0 N–H and O–H groups in total. The van der Waals surface area contributed by atoms with Gasteiger partial charge in [0.25, 0.3) is 0 Å². The summed E-state index contributed by atoms with van der Waals surface area (Å²) in [6.45, 7) is 0. The van der Waals surface area contributed by atoms with Gasteiger partial charge in [0.2, 0.25) is 5.88 Å². The second kappa shape index (κ2) is 3.69. The third-order valence-electron chi connectivity index (χ3n) is 1.34. The molecule has 72 valence electrons. The number of pyridine rings is 1. The predicted molar refractivity (Wildman–Crippen MR) is 48.5 cm³/mol. The Kier molecular flexibility index (Phi) is 2.99. The number of methoxy groups -OCH3 is 1. The summed E-state index contributed by atoms with van der Waals surface area (Å²) in [7, 11) is 1.35. The van der Waals surface area contributed by atoms with Crippen LogP contribution in [0.15, 0.2) is 12.3 Å². The van der Waals surface area contributed by atoms with Gasteiger partial charge in [0.1, 0.15) is 0 Å². The summed E-state index contributed by atoms with van der Waals surface area (Å²) in [5.41, 5.74) is -0.742. The van der Waals surface area contributed by atoms with E-state index in [9.17, 15) is 13.2 Å². The number of ether oxygens (including phenoxy) is 1. The van der Waals surface area contributed by atoms with Crippen LogP contribution in [0.5, 0.6) is 5.88 Å². The SMILES string of the molecule is COc1cc(I)c(C(F)(F)F)cn1. The van der Waals surface area contributed by atoms with E-state index in [0.717, 1.165) is 6.20 Å². The molecule has 1 rings (SSSR count). The van der Waals surface area contributed by atoms with Crippen molar-refractivity contribution in [3.63, 3.8) is 0 Å². The Balaban J connectivity index is 3.13. The highest BCUT2D eigenvalue weighted by Crippen LogP contribution is 2.33. The lowest BCUT2D eigenvalue weighted by Gasteiger charge is -2.08. The number of aromatic nitrogens is 1. The van der Waals surface area contributed by atoms with E-state index >= 15 is 0 Å². The van der Waals surface area contributed by atoms with Crippen molar-refractivity contribution in [1.29, 1.82) is 0 Å². The molecule has 1 heterocycles. The maximum atomic E-state index is 12.2. The molecule has 0 aliphatic heterocycles. The van der Waals surface area contributed by atoms with Crippen molar-refractivity contribution < 1.29 is 17.9 Å². The Morgan fingerprint density at radius 1 is 1.46 bits per heavy atom. The van der Waals surface area contributed by atoms with E-state index in [1.807, 2.05) is 0 Å². The summed E-state index contributed by atoms with van der Waals surface area (Å²) >= 11 is 1.59. The average molecular weight is 303 g/mol. The Labute approximate surface area is 86.3 Å². The van der Waals surface area contributed by atoms with Gasteiger partial charge >= 0.3 is 6.18 Å².